The standard InChI is InChI=1S/C15H16N2O3/c1-2-3-14-16-15(20-17-14)9-19-11-5-6-12-10(8-11)4-7-13(12)18/h5-6,8H,2-4,7,9H2,1H3. The molecule has 0 saturated heterocycles. The lowest BCUT2D eigenvalue weighted by Gasteiger charge is -2.05. The number of carbonyl (C=O) groups excluding carboxylic acids is 1. The van der Waals surface area contributed by atoms with Crippen LogP contribution in [-0.2, 0) is 19.4 Å². The number of aryl methyl sites for hydroxylation is 2. The molecule has 5 nitrogen and oxygen atoms in total. The SMILES string of the molecule is CCCc1noc(COc2ccc3c(c2)CCC3=O)n1. The number of nitrogens with zero attached hydrogens (tertiary/aromatic N) is 2. The van der Waals surface area contributed by atoms with E-state index in [4.69, 9.17) is 9.26 Å². The molecule has 0 atom stereocenters. The number of rotatable bonds is 5. The summed E-state index contributed by atoms with van der Waals surface area (Å²) >= 11 is 0. The average Bonchev–Trinajstić information content (AvgIpc) is 3.04. The first-order chi connectivity index (χ1) is 9.76. The maximum atomic E-state index is 11.5. The smallest absolute Gasteiger partial charge is 0.264 e. The Kier molecular flexibility index (Phi) is 3.50. The van der Waals surface area contributed by atoms with Crippen LogP contribution in [0.25, 0.3) is 0 Å². The molecule has 0 radical (unpaired) electrons. The summed E-state index contributed by atoms with van der Waals surface area (Å²) < 4.78 is 10.7. The summed E-state index contributed by atoms with van der Waals surface area (Å²) in [5, 5.41) is 3.88. The van der Waals surface area contributed by atoms with Crippen LogP contribution in [0.1, 0.15) is 47.4 Å². The Balaban J connectivity index is 1.65. The third kappa shape index (κ3) is 2.57. The molecule has 0 aliphatic heterocycles. The molecule has 0 saturated carbocycles. The van der Waals surface area contributed by atoms with Crippen molar-refractivity contribution in [2.45, 2.75) is 39.2 Å². The van der Waals surface area contributed by atoms with Crippen LogP contribution in [0.2, 0.25) is 0 Å². The maximum Gasteiger partial charge on any atom is 0.264 e. The van der Waals surface area contributed by atoms with Gasteiger partial charge in [0.1, 0.15) is 5.75 Å². The lowest BCUT2D eigenvalue weighted by molar-refractivity contribution is 0.0994. The van der Waals surface area contributed by atoms with Crippen molar-refractivity contribution in [1.82, 2.24) is 10.1 Å². The Morgan fingerprint density at radius 2 is 2.25 bits per heavy atom. The predicted octanol–water partition coefficient (Wildman–Crippen LogP) is 2.73. The van der Waals surface area contributed by atoms with Gasteiger partial charge in [0.15, 0.2) is 18.2 Å². The topological polar surface area (TPSA) is 65.2 Å². The summed E-state index contributed by atoms with van der Waals surface area (Å²) in [5.74, 6) is 2.14. The number of aromatic nitrogens is 2. The average molecular weight is 272 g/mol. The van der Waals surface area contributed by atoms with Gasteiger partial charge in [0, 0.05) is 18.4 Å². The van der Waals surface area contributed by atoms with Crippen molar-refractivity contribution in [1.29, 1.82) is 0 Å². The summed E-state index contributed by atoms with van der Waals surface area (Å²) in [6.07, 6.45) is 3.19. The molecule has 0 unspecified atom stereocenters. The molecule has 1 aliphatic rings. The summed E-state index contributed by atoms with van der Waals surface area (Å²) in [4.78, 5) is 15.8. The lowest BCUT2D eigenvalue weighted by Crippen LogP contribution is -1.97. The summed E-state index contributed by atoms with van der Waals surface area (Å²) in [7, 11) is 0. The van der Waals surface area contributed by atoms with Crippen LogP contribution in [-0.4, -0.2) is 15.9 Å². The molecular weight excluding hydrogens is 256 g/mol. The van der Waals surface area contributed by atoms with Crippen LogP contribution in [0.3, 0.4) is 0 Å². The number of hydrogen-bond donors (Lipinski definition) is 0. The number of ketones is 1. The number of Topliss-reactive ketones (excluding diaryl/α,β-unsaturated/α-hetero) is 1. The van der Waals surface area contributed by atoms with Gasteiger partial charge in [0.2, 0.25) is 0 Å². The second-order valence-electron chi connectivity index (χ2n) is 4.89. The number of benzene rings is 1. The fourth-order valence-electron chi connectivity index (χ4n) is 2.34. The van der Waals surface area contributed by atoms with E-state index in [0.29, 0.717) is 18.1 Å². The first-order valence-electron chi connectivity index (χ1n) is 6.86. The van der Waals surface area contributed by atoms with Crippen molar-refractivity contribution in [3.63, 3.8) is 0 Å². The highest BCUT2D eigenvalue weighted by atomic mass is 16.5. The number of fused-ring (bicyclic) bond motifs is 1. The first kappa shape index (κ1) is 12.8. The molecule has 104 valence electrons. The van der Waals surface area contributed by atoms with Crippen LogP contribution in [0.5, 0.6) is 5.75 Å². The maximum absolute atomic E-state index is 11.5. The van der Waals surface area contributed by atoms with Crippen LogP contribution in [0, 0.1) is 0 Å². The van der Waals surface area contributed by atoms with Gasteiger partial charge in [0.05, 0.1) is 0 Å². The fourth-order valence-corrected chi connectivity index (χ4v) is 2.34. The normalized spacial score (nSPS) is 13.6. The zero-order chi connectivity index (χ0) is 13.9. The van der Waals surface area contributed by atoms with Crippen molar-refractivity contribution >= 4 is 5.78 Å². The molecule has 0 N–H and O–H groups in total. The van der Waals surface area contributed by atoms with E-state index in [-0.39, 0.29) is 12.4 Å². The third-order valence-electron chi connectivity index (χ3n) is 3.34. The minimum Gasteiger partial charge on any atom is -0.484 e. The molecule has 0 spiro atoms. The van der Waals surface area contributed by atoms with Gasteiger partial charge in [0.25, 0.3) is 5.89 Å². The third-order valence-corrected chi connectivity index (χ3v) is 3.34. The summed E-state index contributed by atoms with van der Waals surface area (Å²) in [5.41, 5.74) is 1.88. The molecule has 0 amide bonds. The Bertz CT molecular complexity index is 634. The van der Waals surface area contributed by atoms with E-state index in [1.54, 1.807) is 0 Å². The number of carbonyl (C=O) groups is 1. The van der Waals surface area contributed by atoms with Gasteiger partial charge in [-0.2, -0.15) is 4.98 Å². The largest absolute Gasteiger partial charge is 0.484 e. The zero-order valence-corrected chi connectivity index (χ0v) is 11.4. The molecule has 1 aromatic heterocycles. The van der Waals surface area contributed by atoms with E-state index < -0.39 is 0 Å². The van der Waals surface area contributed by atoms with E-state index in [1.807, 2.05) is 18.2 Å². The highest BCUT2D eigenvalue weighted by Crippen LogP contribution is 2.26. The van der Waals surface area contributed by atoms with Gasteiger partial charge in [-0.15, -0.1) is 0 Å². The van der Waals surface area contributed by atoms with Gasteiger partial charge in [-0.1, -0.05) is 12.1 Å². The highest BCUT2D eigenvalue weighted by molar-refractivity contribution is 6.00. The Morgan fingerprint density at radius 3 is 3.10 bits per heavy atom. The molecule has 20 heavy (non-hydrogen) atoms. The Hall–Kier alpha value is -2.17. The van der Waals surface area contributed by atoms with Crippen molar-refractivity contribution in [3.05, 3.63) is 41.0 Å². The molecular formula is C15H16N2O3. The van der Waals surface area contributed by atoms with Crippen molar-refractivity contribution < 1.29 is 14.1 Å². The van der Waals surface area contributed by atoms with Gasteiger partial charge in [-0.05, 0) is 36.6 Å². The molecule has 1 aromatic carbocycles. The lowest BCUT2D eigenvalue weighted by atomic mass is 10.1. The van der Waals surface area contributed by atoms with Crippen LogP contribution < -0.4 is 4.74 Å². The Labute approximate surface area is 116 Å². The quantitative estimate of drug-likeness (QED) is 0.837. The van der Waals surface area contributed by atoms with E-state index in [2.05, 4.69) is 17.1 Å². The molecule has 5 heteroatoms. The van der Waals surface area contributed by atoms with E-state index in [1.165, 1.54) is 0 Å². The predicted molar refractivity (Wildman–Crippen MR) is 71.7 cm³/mol. The van der Waals surface area contributed by atoms with Crippen LogP contribution >= 0.6 is 0 Å². The second kappa shape index (κ2) is 5.45. The molecule has 2 aromatic rings. The van der Waals surface area contributed by atoms with Gasteiger partial charge >= 0.3 is 0 Å². The van der Waals surface area contributed by atoms with Gasteiger partial charge in [-0.25, -0.2) is 0 Å². The molecule has 1 heterocycles. The van der Waals surface area contributed by atoms with Crippen LogP contribution in [0.15, 0.2) is 22.7 Å². The van der Waals surface area contributed by atoms with E-state index in [0.717, 1.165) is 36.1 Å². The van der Waals surface area contributed by atoms with E-state index >= 15 is 0 Å². The van der Waals surface area contributed by atoms with Gasteiger partial charge in [-0.3, -0.25) is 4.79 Å². The van der Waals surface area contributed by atoms with Gasteiger partial charge < -0.3 is 9.26 Å². The number of hydrogen-bond acceptors (Lipinski definition) is 5. The summed E-state index contributed by atoms with van der Waals surface area (Å²) in [6, 6.07) is 5.56. The number of ether oxygens (including phenoxy) is 1. The highest BCUT2D eigenvalue weighted by Gasteiger charge is 2.19. The second-order valence-corrected chi connectivity index (χ2v) is 4.89. The van der Waals surface area contributed by atoms with Crippen LogP contribution in [0.4, 0.5) is 0 Å². The van der Waals surface area contributed by atoms with Crippen molar-refractivity contribution in [2.24, 2.45) is 0 Å². The zero-order valence-electron chi connectivity index (χ0n) is 11.4. The molecule has 0 fully saturated rings. The van der Waals surface area contributed by atoms with Crippen molar-refractivity contribution in [3.8, 4) is 5.75 Å². The fraction of sp³-hybridized carbons (Fsp3) is 0.400. The van der Waals surface area contributed by atoms with Crippen molar-refractivity contribution in [2.75, 3.05) is 0 Å². The molecule has 1 aliphatic carbocycles. The minimum atomic E-state index is 0.215. The monoisotopic (exact) mass is 272 g/mol. The van der Waals surface area contributed by atoms with E-state index in [9.17, 15) is 4.79 Å². The molecule has 0 bridgehead atoms. The first-order valence-corrected chi connectivity index (χ1v) is 6.86. The summed E-state index contributed by atoms with van der Waals surface area (Å²) in [6.45, 7) is 2.32. The Morgan fingerprint density at radius 1 is 1.35 bits per heavy atom. The molecule has 3 rings (SSSR count). The minimum absolute atomic E-state index is 0.215.